The summed E-state index contributed by atoms with van der Waals surface area (Å²) in [5.74, 6) is -2.07. The van der Waals surface area contributed by atoms with Crippen molar-refractivity contribution in [1.29, 1.82) is 0 Å². The number of aromatic nitrogens is 1. The summed E-state index contributed by atoms with van der Waals surface area (Å²) in [6.45, 7) is 6.13. The van der Waals surface area contributed by atoms with Crippen LogP contribution < -0.4 is 5.32 Å². The van der Waals surface area contributed by atoms with E-state index in [9.17, 15) is 18.8 Å². The maximum atomic E-state index is 14.3. The van der Waals surface area contributed by atoms with Gasteiger partial charge < -0.3 is 19.9 Å². The highest BCUT2D eigenvalue weighted by molar-refractivity contribution is 6.37. The fourth-order valence-electron chi connectivity index (χ4n) is 3.17. The van der Waals surface area contributed by atoms with Gasteiger partial charge in [0.2, 0.25) is 0 Å². The van der Waals surface area contributed by atoms with Crippen LogP contribution in [0, 0.1) is 5.82 Å². The number of ether oxygens (including phenoxy) is 1. The number of carbonyl (C=O) groups is 3. The van der Waals surface area contributed by atoms with Crippen molar-refractivity contribution in [1.82, 2.24) is 15.2 Å². The molecule has 7 nitrogen and oxygen atoms in total. The maximum absolute atomic E-state index is 14.3. The lowest BCUT2D eigenvalue weighted by Gasteiger charge is -2.24. The Morgan fingerprint density at radius 2 is 1.90 bits per heavy atom. The number of nitrogens with one attached hydrogen (secondary N) is 2. The molecule has 2 N–H and O–H groups in total. The van der Waals surface area contributed by atoms with Crippen LogP contribution >= 0.6 is 23.2 Å². The van der Waals surface area contributed by atoms with E-state index in [1.54, 1.807) is 20.8 Å². The molecule has 1 fully saturated rings. The minimum Gasteiger partial charge on any atom is -0.444 e. The van der Waals surface area contributed by atoms with Crippen molar-refractivity contribution in [3.8, 4) is 0 Å². The van der Waals surface area contributed by atoms with E-state index in [2.05, 4.69) is 10.3 Å². The zero-order valence-corrected chi connectivity index (χ0v) is 18.7. The van der Waals surface area contributed by atoms with Crippen molar-refractivity contribution in [2.24, 2.45) is 0 Å². The highest BCUT2D eigenvalue weighted by Gasteiger charge is 2.31. The Bertz CT molecular complexity index is 1030. The van der Waals surface area contributed by atoms with E-state index in [1.165, 1.54) is 29.3 Å². The lowest BCUT2D eigenvalue weighted by Crippen LogP contribution is -2.40. The highest BCUT2D eigenvalue weighted by atomic mass is 35.5. The quantitative estimate of drug-likeness (QED) is 0.511. The van der Waals surface area contributed by atoms with Crippen LogP contribution in [-0.4, -0.2) is 52.4 Å². The van der Waals surface area contributed by atoms with Crippen LogP contribution in [0.1, 0.15) is 53.6 Å². The monoisotopic (exact) mass is 469 g/mol. The van der Waals surface area contributed by atoms with Crippen molar-refractivity contribution in [3.05, 3.63) is 57.1 Å². The van der Waals surface area contributed by atoms with Gasteiger partial charge in [-0.2, -0.15) is 0 Å². The molecule has 1 unspecified atom stereocenters. The van der Waals surface area contributed by atoms with E-state index < -0.39 is 29.2 Å². The third-order valence-electron chi connectivity index (χ3n) is 4.64. The number of halogens is 3. The Labute approximate surface area is 188 Å². The van der Waals surface area contributed by atoms with E-state index in [0.717, 1.165) is 0 Å². The van der Waals surface area contributed by atoms with Gasteiger partial charge in [0.05, 0.1) is 15.6 Å². The lowest BCUT2D eigenvalue weighted by molar-refractivity contribution is 0.0290. The average Bonchev–Trinajstić information content (AvgIpc) is 3.33. The molecule has 0 spiro atoms. The first-order valence-electron chi connectivity index (χ1n) is 9.61. The first-order chi connectivity index (χ1) is 14.5. The van der Waals surface area contributed by atoms with Crippen LogP contribution in [0.4, 0.5) is 9.18 Å². The van der Waals surface area contributed by atoms with E-state index in [-0.39, 0.29) is 32.9 Å². The molecule has 3 rings (SSSR count). The Balaban J connectivity index is 1.65. The Morgan fingerprint density at radius 3 is 2.58 bits per heavy atom. The van der Waals surface area contributed by atoms with Crippen LogP contribution in [0.3, 0.4) is 0 Å². The van der Waals surface area contributed by atoms with Gasteiger partial charge in [-0.15, -0.1) is 0 Å². The van der Waals surface area contributed by atoms with Crippen LogP contribution in [0.5, 0.6) is 0 Å². The first-order valence-corrected chi connectivity index (χ1v) is 10.4. The van der Waals surface area contributed by atoms with E-state index in [0.29, 0.717) is 19.5 Å². The molecular weight excluding hydrogens is 448 g/mol. The summed E-state index contributed by atoms with van der Waals surface area (Å²) in [6.07, 6.45) is 1.44. The summed E-state index contributed by atoms with van der Waals surface area (Å²) in [6, 6.07) is 3.64. The number of nitrogens with zero attached hydrogens (tertiary/aromatic N) is 1. The van der Waals surface area contributed by atoms with Gasteiger partial charge in [0, 0.05) is 30.9 Å². The van der Waals surface area contributed by atoms with Crippen LogP contribution in [0.15, 0.2) is 24.4 Å². The predicted octanol–water partition coefficient (Wildman–Crippen LogP) is 4.43. The van der Waals surface area contributed by atoms with Crippen molar-refractivity contribution in [3.63, 3.8) is 0 Å². The second-order valence-electron chi connectivity index (χ2n) is 8.23. The molecule has 10 heteroatoms. The molecule has 0 aliphatic carbocycles. The largest absolute Gasteiger partial charge is 0.444 e. The summed E-state index contributed by atoms with van der Waals surface area (Å²) in [4.78, 5) is 41.6. The number of ketones is 1. The minimum atomic E-state index is -0.917. The van der Waals surface area contributed by atoms with Crippen molar-refractivity contribution in [2.75, 3.05) is 13.1 Å². The summed E-state index contributed by atoms with van der Waals surface area (Å²) in [5.41, 5.74) is -0.770. The van der Waals surface area contributed by atoms with Gasteiger partial charge in [-0.25, -0.2) is 9.18 Å². The predicted molar refractivity (Wildman–Crippen MR) is 114 cm³/mol. The van der Waals surface area contributed by atoms with Gasteiger partial charge in [0.25, 0.3) is 5.91 Å². The Kier molecular flexibility index (Phi) is 6.62. The molecule has 1 atom stereocenters. The number of hydrogen-bond donors (Lipinski definition) is 2. The molecule has 1 aromatic heterocycles. The number of amides is 2. The normalized spacial score (nSPS) is 16.3. The molecular formula is C21H22Cl2FN3O4. The smallest absolute Gasteiger partial charge is 0.410 e. The number of rotatable bonds is 4. The number of aromatic amines is 1. The van der Waals surface area contributed by atoms with E-state index in [4.69, 9.17) is 27.9 Å². The maximum Gasteiger partial charge on any atom is 0.410 e. The zero-order chi connectivity index (χ0) is 22.9. The van der Waals surface area contributed by atoms with E-state index in [1.807, 2.05) is 0 Å². The summed E-state index contributed by atoms with van der Waals surface area (Å²) in [7, 11) is 0. The molecule has 166 valence electrons. The second kappa shape index (κ2) is 8.88. The SMILES string of the molecule is CC(C)(C)OC(=O)N1CCC(NC(=O)c2cc(C(=O)c3c(Cl)ccc(Cl)c3F)c[nH]2)C1. The van der Waals surface area contributed by atoms with Crippen molar-refractivity contribution < 1.29 is 23.5 Å². The highest BCUT2D eigenvalue weighted by Crippen LogP contribution is 2.28. The van der Waals surface area contributed by atoms with E-state index >= 15 is 0 Å². The van der Waals surface area contributed by atoms with Gasteiger partial charge in [0.1, 0.15) is 11.3 Å². The van der Waals surface area contributed by atoms with Crippen LogP contribution in [0.25, 0.3) is 0 Å². The van der Waals surface area contributed by atoms with Gasteiger partial charge in [-0.1, -0.05) is 23.2 Å². The van der Waals surface area contributed by atoms with Crippen molar-refractivity contribution in [2.45, 2.75) is 38.8 Å². The fraction of sp³-hybridized carbons (Fsp3) is 0.381. The average molecular weight is 470 g/mol. The number of hydrogen-bond acceptors (Lipinski definition) is 4. The number of carbonyl (C=O) groups excluding carboxylic acids is 3. The molecule has 0 saturated carbocycles. The number of benzene rings is 1. The second-order valence-corrected chi connectivity index (χ2v) is 9.05. The zero-order valence-electron chi connectivity index (χ0n) is 17.2. The molecule has 1 aromatic carbocycles. The summed E-state index contributed by atoms with van der Waals surface area (Å²) in [5, 5.41) is 2.51. The molecule has 2 heterocycles. The first kappa shape index (κ1) is 23.1. The Morgan fingerprint density at radius 1 is 1.23 bits per heavy atom. The topological polar surface area (TPSA) is 91.5 Å². The molecule has 1 aliphatic rings. The molecule has 0 bridgehead atoms. The third kappa shape index (κ3) is 5.37. The standard InChI is InChI=1S/C21H22Cl2FN3O4/c1-21(2,3)31-20(30)27-7-6-12(10-27)26-19(29)15-8-11(9-25-15)18(28)16-13(22)4-5-14(23)17(16)24/h4-5,8-9,12,25H,6-7,10H2,1-3H3,(H,26,29). The molecule has 2 aromatic rings. The Hall–Kier alpha value is -2.58. The van der Waals surface area contributed by atoms with Crippen LogP contribution in [0.2, 0.25) is 10.0 Å². The minimum absolute atomic E-state index is 0.0648. The van der Waals surface area contributed by atoms with Gasteiger partial charge in [0.15, 0.2) is 11.6 Å². The number of likely N-dealkylation sites (tertiary alicyclic amines) is 1. The van der Waals surface area contributed by atoms with Gasteiger partial charge >= 0.3 is 6.09 Å². The number of H-pyrrole nitrogens is 1. The molecule has 31 heavy (non-hydrogen) atoms. The van der Waals surface area contributed by atoms with Gasteiger partial charge in [-0.05, 0) is 45.4 Å². The lowest BCUT2D eigenvalue weighted by atomic mass is 10.0. The van der Waals surface area contributed by atoms with Crippen molar-refractivity contribution >= 4 is 41.0 Å². The third-order valence-corrected chi connectivity index (χ3v) is 5.24. The van der Waals surface area contributed by atoms with Crippen LogP contribution in [-0.2, 0) is 4.74 Å². The fourth-order valence-corrected chi connectivity index (χ4v) is 3.56. The molecule has 1 aliphatic heterocycles. The molecule has 1 saturated heterocycles. The summed E-state index contributed by atoms with van der Waals surface area (Å²) < 4.78 is 19.6. The van der Waals surface area contributed by atoms with Gasteiger partial charge in [-0.3, -0.25) is 9.59 Å². The molecule has 0 radical (unpaired) electrons. The summed E-state index contributed by atoms with van der Waals surface area (Å²) >= 11 is 11.7. The molecule has 2 amide bonds.